The summed E-state index contributed by atoms with van der Waals surface area (Å²) in [5.41, 5.74) is 0.886. The van der Waals surface area contributed by atoms with E-state index in [-0.39, 0.29) is 12.2 Å². The fourth-order valence-corrected chi connectivity index (χ4v) is 1.61. The van der Waals surface area contributed by atoms with Crippen LogP contribution < -0.4 is 0 Å². The molecule has 94 valence electrons. The molecule has 0 atom stereocenters. The maximum Gasteiger partial charge on any atom is 0.345 e. The first-order valence-electron chi connectivity index (χ1n) is 5.09. The van der Waals surface area contributed by atoms with Crippen molar-refractivity contribution in [2.75, 3.05) is 0 Å². The molecule has 0 radical (unpaired) electrons. The largest absolute Gasteiger partial charge is 0.478 e. The van der Waals surface area contributed by atoms with Gasteiger partial charge in [-0.3, -0.25) is 4.98 Å². The zero-order valence-electron chi connectivity index (χ0n) is 9.14. The number of fused-ring (bicyclic) bond motifs is 1. The van der Waals surface area contributed by atoms with Crippen LogP contribution in [0.5, 0.6) is 0 Å². The lowest BCUT2D eigenvalue weighted by Crippen LogP contribution is -2.02. The number of carboxylic acid groups (broad SMARTS) is 1. The van der Waals surface area contributed by atoms with Crippen LogP contribution in [0, 0.1) is 0 Å². The number of carboxylic acids is 1. The molecule has 18 heavy (non-hydrogen) atoms. The Hall–Kier alpha value is -2.08. The van der Waals surface area contributed by atoms with E-state index in [1.54, 1.807) is 12.1 Å². The van der Waals surface area contributed by atoms with E-state index in [1.807, 2.05) is 0 Å². The number of benzene rings is 1. The quantitative estimate of drug-likeness (QED) is 0.910. The maximum atomic E-state index is 11.9. The summed E-state index contributed by atoms with van der Waals surface area (Å²) in [6, 6.07) is 7.64. The Balaban J connectivity index is 2.38. The van der Waals surface area contributed by atoms with Crippen LogP contribution >= 0.6 is 0 Å². The second-order valence-corrected chi connectivity index (χ2v) is 3.55. The highest BCUT2D eigenvalue weighted by molar-refractivity contribution is 6.02. The Morgan fingerprint density at radius 2 is 2.11 bits per heavy atom. The molecule has 0 saturated carbocycles. The van der Waals surface area contributed by atoms with Gasteiger partial charge in [0.05, 0.1) is 23.4 Å². The number of hydrogen-bond donors (Lipinski definition) is 1. The smallest absolute Gasteiger partial charge is 0.345 e. The SMILES string of the molecule is O=C(O)c1cccc2nc(COC(F)F)ccc12. The number of hydrogen-bond acceptors (Lipinski definition) is 3. The molecule has 2 rings (SSSR count). The third kappa shape index (κ3) is 2.60. The molecule has 1 N–H and O–H groups in total. The highest BCUT2D eigenvalue weighted by atomic mass is 19.3. The Kier molecular flexibility index (Phi) is 3.47. The summed E-state index contributed by atoms with van der Waals surface area (Å²) in [5.74, 6) is -1.06. The van der Waals surface area contributed by atoms with Crippen molar-refractivity contribution in [2.24, 2.45) is 0 Å². The summed E-state index contributed by atoms with van der Waals surface area (Å²) >= 11 is 0. The van der Waals surface area contributed by atoms with Crippen LogP contribution in [-0.2, 0) is 11.3 Å². The molecular weight excluding hydrogens is 244 g/mol. The average Bonchev–Trinajstić information content (AvgIpc) is 2.35. The van der Waals surface area contributed by atoms with Gasteiger partial charge >= 0.3 is 12.6 Å². The van der Waals surface area contributed by atoms with Crippen molar-refractivity contribution in [1.29, 1.82) is 0 Å². The lowest BCUT2D eigenvalue weighted by molar-refractivity contribution is -0.137. The highest BCUT2D eigenvalue weighted by Crippen LogP contribution is 2.18. The van der Waals surface area contributed by atoms with E-state index in [4.69, 9.17) is 5.11 Å². The summed E-state index contributed by atoms with van der Waals surface area (Å²) in [6.07, 6.45) is 0. The Morgan fingerprint density at radius 3 is 2.78 bits per heavy atom. The molecule has 0 aliphatic rings. The topological polar surface area (TPSA) is 59.4 Å². The van der Waals surface area contributed by atoms with Crippen LogP contribution in [0.3, 0.4) is 0 Å². The third-order valence-corrected chi connectivity index (χ3v) is 2.38. The number of rotatable bonds is 4. The first-order valence-corrected chi connectivity index (χ1v) is 5.09. The number of ether oxygens (including phenoxy) is 1. The zero-order valence-corrected chi connectivity index (χ0v) is 9.14. The third-order valence-electron chi connectivity index (χ3n) is 2.38. The number of alkyl halides is 2. The van der Waals surface area contributed by atoms with E-state index in [2.05, 4.69) is 9.72 Å². The molecule has 2 aromatic rings. The minimum Gasteiger partial charge on any atom is -0.478 e. The molecule has 1 aromatic heterocycles. The van der Waals surface area contributed by atoms with Crippen molar-refractivity contribution in [1.82, 2.24) is 4.98 Å². The molecule has 0 aliphatic heterocycles. The fourth-order valence-electron chi connectivity index (χ4n) is 1.61. The number of aromatic carboxylic acids is 1. The van der Waals surface area contributed by atoms with Crippen LogP contribution in [0.1, 0.15) is 16.1 Å². The molecule has 0 bridgehead atoms. The van der Waals surface area contributed by atoms with Crippen LogP contribution in [0.15, 0.2) is 30.3 Å². The molecule has 0 spiro atoms. The summed E-state index contributed by atoms with van der Waals surface area (Å²) in [4.78, 5) is 15.0. The van der Waals surface area contributed by atoms with Gasteiger partial charge in [-0.25, -0.2) is 4.79 Å². The van der Waals surface area contributed by atoms with E-state index in [9.17, 15) is 13.6 Å². The number of aromatic nitrogens is 1. The molecule has 4 nitrogen and oxygen atoms in total. The van der Waals surface area contributed by atoms with Crippen molar-refractivity contribution in [3.8, 4) is 0 Å². The van der Waals surface area contributed by atoms with Gasteiger partial charge in [0.2, 0.25) is 0 Å². The molecule has 0 amide bonds. The molecule has 0 aliphatic carbocycles. The van der Waals surface area contributed by atoms with Crippen molar-refractivity contribution < 1.29 is 23.4 Å². The van der Waals surface area contributed by atoms with Crippen molar-refractivity contribution in [2.45, 2.75) is 13.2 Å². The van der Waals surface area contributed by atoms with E-state index in [0.29, 0.717) is 16.6 Å². The monoisotopic (exact) mass is 253 g/mol. The van der Waals surface area contributed by atoms with Crippen molar-refractivity contribution >= 4 is 16.9 Å². The lowest BCUT2D eigenvalue weighted by atomic mass is 10.1. The average molecular weight is 253 g/mol. The molecule has 0 saturated heterocycles. The van der Waals surface area contributed by atoms with Gasteiger partial charge in [-0.15, -0.1) is 0 Å². The number of nitrogens with zero attached hydrogens (tertiary/aromatic N) is 1. The van der Waals surface area contributed by atoms with Gasteiger partial charge in [0.1, 0.15) is 0 Å². The zero-order chi connectivity index (χ0) is 13.1. The standard InChI is InChI=1S/C12H9F2NO3/c13-12(14)18-6-7-4-5-8-9(11(16)17)2-1-3-10(8)15-7/h1-5,12H,6H2,(H,16,17). The van der Waals surface area contributed by atoms with Crippen molar-refractivity contribution in [3.63, 3.8) is 0 Å². The van der Waals surface area contributed by atoms with Crippen LogP contribution in [0.2, 0.25) is 0 Å². The second kappa shape index (κ2) is 5.05. The second-order valence-electron chi connectivity index (χ2n) is 3.55. The first kappa shape index (κ1) is 12.4. The van der Waals surface area contributed by atoms with Crippen LogP contribution in [0.4, 0.5) is 8.78 Å². The summed E-state index contributed by atoms with van der Waals surface area (Å²) in [6.45, 7) is -3.17. The summed E-state index contributed by atoms with van der Waals surface area (Å²) in [7, 11) is 0. The predicted molar refractivity (Wildman–Crippen MR) is 59.5 cm³/mol. The Morgan fingerprint density at radius 1 is 1.33 bits per heavy atom. The lowest BCUT2D eigenvalue weighted by Gasteiger charge is -2.05. The van der Waals surface area contributed by atoms with Gasteiger partial charge in [-0.2, -0.15) is 8.78 Å². The normalized spacial score (nSPS) is 11.1. The van der Waals surface area contributed by atoms with E-state index in [1.165, 1.54) is 18.2 Å². The minimum atomic E-state index is -2.85. The van der Waals surface area contributed by atoms with Gasteiger partial charge in [0.15, 0.2) is 0 Å². The molecule has 0 fully saturated rings. The van der Waals surface area contributed by atoms with Crippen LogP contribution in [0.25, 0.3) is 10.9 Å². The Labute approximate surface area is 101 Å². The van der Waals surface area contributed by atoms with Crippen molar-refractivity contribution in [3.05, 3.63) is 41.6 Å². The van der Waals surface area contributed by atoms with E-state index >= 15 is 0 Å². The molecule has 1 heterocycles. The molecular formula is C12H9F2NO3. The maximum absolute atomic E-state index is 11.9. The number of pyridine rings is 1. The van der Waals surface area contributed by atoms with Gasteiger partial charge in [-0.05, 0) is 18.2 Å². The minimum absolute atomic E-state index is 0.126. The molecule has 1 aromatic carbocycles. The fraction of sp³-hybridized carbons (Fsp3) is 0.167. The van der Waals surface area contributed by atoms with Gasteiger partial charge in [0, 0.05) is 5.39 Å². The van der Waals surface area contributed by atoms with Crippen LogP contribution in [-0.4, -0.2) is 22.7 Å². The highest BCUT2D eigenvalue weighted by Gasteiger charge is 2.10. The van der Waals surface area contributed by atoms with E-state index in [0.717, 1.165) is 0 Å². The summed E-state index contributed by atoms with van der Waals surface area (Å²) in [5, 5.41) is 9.44. The summed E-state index contributed by atoms with van der Waals surface area (Å²) < 4.78 is 27.9. The van der Waals surface area contributed by atoms with E-state index < -0.39 is 12.6 Å². The predicted octanol–water partition coefficient (Wildman–Crippen LogP) is 2.67. The molecule has 0 unspecified atom stereocenters. The van der Waals surface area contributed by atoms with Gasteiger partial charge in [0.25, 0.3) is 0 Å². The number of carbonyl (C=O) groups is 1. The van der Waals surface area contributed by atoms with Gasteiger partial charge in [-0.1, -0.05) is 12.1 Å². The van der Waals surface area contributed by atoms with Gasteiger partial charge < -0.3 is 9.84 Å². The first-order chi connectivity index (χ1) is 8.58. The number of halogens is 2. The Bertz CT molecular complexity index is 587. The molecule has 6 heteroatoms.